The Labute approximate surface area is 313 Å². The molecule has 5 rings (SSSR count). The molecule has 0 saturated carbocycles. The molecule has 55 heavy (non-hydrogen) atoms. The maximum absolute atomic E-state index is 13.0. The molecule has 1 amide bonds. The number of carbonyl (C=O) groups excluding carboxylic acids is 5. The lowest BCUT2D eigenvalue weighted by Gasteiger charge is -2.43. The minimum atomic E-state index is -1.72. The number of benzene rings is 2. The molecule has 1 aliphatic heterocycles. The summed E-state index contributed by atoms with van der Waals surface area (Å²) in [6.07, 6.45) is -6.93. The van der Waals surface area contributed by atoms with Crippen LogP contribution in [0, 0.1) is 16.0 Å². The van der Waals surface area contributed by atoms with Crippen molar-refractivity contribution in [1.82, 2.24) is 14.5 Å². The summed E-state index contributed by atoms with van der Waals surface area (Å²) in [6, 6.07) is 11.1. The molecule has 4 aromatic rings. The summed E-state index contributed by atoms with van der Waals surface area (Å²) in [5.41, 5.74) is 1.45. The molecule has 1 saturated heterocycles. The van der Waals surface area contributed by atoms with Gasteiger partial charge in [0.2, 0.25) is 12.4 Å². The van der Waals surface area contributed by atoms with Gasteiger partial charge >= 0.3 is 35.7 Å². The normalized spacial score (nSPS) is 19.4. The van der Waals surface area contributed by atoms with Crippen molar-refractivity contribution < 1.29 is 62.1 Å². The summed E-state index contributed by atoms with van der Waals surface area (Å²) in [5.74, 6) is -3.22. The second-order valence-electron chi connectivity index (χ2n) is 12.9. The fraction of sp³-hybridized carbons (Fsp3) is 0.417. The second-order valence-corrected chi connectivity index (χ2v) is 12.9. The van der Waals surface area contributed by atoms with Gasteiger partial charge in [0.1, 0.15) is 24.8 Å². The van der Waals surface area contributed by atoms with E-state index in [1.54, 1.807) is 6.33 Å². The molecule has 2 aromatic heterocycles. The fourth-order valence-electron chi connectivity index (χ4n) is 5.99. The number of pyridine rings is 1. The number of amides is 1. The number of hydrogen-bond donors (Lipinski definition) is 1. The number of fused-ring (bicyclic) bond motifs is 3. The van der Waals surface area contributed by atoms with Gasteiger partial charge in [-0.25, -0.2) is 14.8 Å². The lowest BCUT2D eigenvalue weighted by molar-refractivity contribution is -0.387. The first-order chi connectivity index (χ1) is 26.1. The summed E-state index contributed by atoms with van der Waals surface area (Å²) < 4.78 is 40.3. The maximum atomic E-state index is 13.0. The van der Waals surface area contributed by atoms with E-state index in [0.717, 1.165) is 44.7 Å². The number of nitrogens with zero attached hydrogens (tertiary/aromatic N) is 4. The van der Waals surface area contributed by atoms with Crippen molar-refractivity contribution in [2.75, 3.05) is 11.9 Å². The quantitative estimate of drug-likeness (QED) is 0.0861. The first kappa shape index (κ1) is 39.8. The Morgan fingerprint density at radius 2 is 1.58 bits per heavy atom. The average molecular weight is 766 g/mol. The number of nitrogens with one attached hydrogen (secondary N) is 1. The van der Waals surface area contributed by atoms with E-state index in [4.69, 9.17) is 33.2 Å². The topological polar surface area (TPSA) is 236 Å². The Morgan fingerprint density at radius 3 is 2.24 bits per heavy atom. The van der Waals surface area contributed by atoms with Gasteiger partial charge in [0, 0.05) is 45.7 Å². The second kappa shape index (κ2) is 17.2. The van der Waals surface area contributed by atoms with Crippen LogP contribution in [0.1, 0.15) is 47.1 Å². The van der Waals surface area contributed by atoms with Crippen molar-refractivity contribution in [1.29, 1.82) is 0 Å². The number of para-hydroxylation sites is 1. The zero-order valence-corrected chi connectivity index (χ0v) is 30.7. The van der Waals surface area contributed by atoms with Crippen LogP contribution in [0.2, 0.25) is 0 Å². The molecule has 292 valence electrons. The lowest BCUT2D eigenvalue weighted by Crippen LogP contribution is -2.63. The highest BCUT2D eigenvalue weighted by Crippen LogP contribution is 2.35. The van der Waals surface area contributed by atoms with Crippen LogP contribution < -0.4 is 10.1 Å². The molecule has 19 nitrogen and oxygen atoms in total. The molecule has 0 bridgehead atoms. The van der Waals surface area contributed by atoms with Gasteiger partial charge in [0.15, 0.2) is 23.8 Å². The van der Waals surface area contributed by atoms with Gasteiger partial charge in [-0.3, -0.25) is 34.6 Å². The molecular formula is C36H39N5O14. The van der Waals surface area contributed by atoms with Crippen molar-refractivity contribution >= 4 is 63.4 Å². The average Bonchev–Trinajstić information content (AvgIpc) is 3.52. The van der Waals surface area contributed by atoms with Crippen LogP contribution in [0.25, 0.3) is 21.9 Å². The molecule has 1 fully saturated rings. The van der Waals surface area contributed by atoms with Crippen LogP contribution in [0.4, 0.5) is 16.3 Å². The van der Waals surface area contributed by atoms with E-state index in [-0.39, 0.29) is 17.1 Å². The third-order valence-corrected chi connectivity index (χ3v) is 8.02. The summed E-state index contributed by atoms with van der Waals surface area (Å²) in [6.45, 7) is 8.16. The molecule has 0 spiro atoms. The standard InChI is InChI=1S/C36H39N5O14/c1-18(2)14-40-17-37-29-30(40)24-9-7-8-10-25(24)38-34(29)39-36(46)50-15-23-11-12-27(26(13-23)41(47)48)54-35-33(53-22(6)45)32(52-21(5)44)31(51-20(4)43)28(55-35)16-49-19(3)42/h7-13,17-18,28,31-33,35H,14-16H2,1-6H3,(H,38,39,46)/t28-,31+,32+,33-,35-/m1/s1. The van der Waals surface area contributed by atoms with Crippen molar-refractivity contribution in [2.45, 2.75) is 85.4 Å². The maximum Gasteiger partial charge on any atom is 0.413 e. The van der Waals surface area contributed by atoms with Crippen LogP contribution in [0.15, 0.2) is 48.8 Å². The SMILES string of the molecule is CC(=O)OC[C@H]1O[C@@H](Oc2ccc(COC(=O)Nc3nc4ccccc4c4c3ncn4CC(C)C)cc2[N+](=O)[O-])[C@H](OC(C)=O)[C@@H](OC(C)=O)[C@H]1OC(C)=O. The predicted octanol–water partition coefficient (Wildman–Crippen LogP) is 4.36. The van der Waals surface area contributed by atoms with Gasteiger partial charge in [-0.2, -0.15) is 0 Å². The minimum absolute atomic E-state index is 0.167. The molecule has 2 aromatic carbocycles. The number of rotatable bonds is 13. The van der Waals surface area contributed by atoms with E-state index >= 15 is 0 Å². The van der Waals surface area contributed by atoms with E-state index in [1.807, 2.05) is 28.8 Å². The Bertz CT molecular complexity index is 2120. The number of nitro groups is 1. The molecular weight excluding hydrogens is 726 g/mol. The third-order valence-electron chi connectivity index (χ3n) is 8.02. The summed E-state index contributed by atoms with van der Waals surface area (Å²) in [5, 5.41) is 15.7. The zero-order valence-electron chi connectivity index (χ0n) is 30.7. The predicted molar refractivity (Wildman–Crippen MR) is 189 cm³/mol. The monoisotopic (exact) mass is 765 g/mol. The van der Waals surface area contributed by atoms with E-state index in [2.05, 4.69) is 29.1 Å². The largest absolute Gasteiger partial charge is 0.463 e. The molecule has 5 atom stereocenters. The Balaban J connectivity index is 1.38. The minimum Gasteiger partial charge on any atom is -0.463 e. The molecule has 19 heteroatoms. The molecule has 1 N–H and O–H groups in total. The smallest absolute Gasteiger partial charge is 0.413 e. The van der Waals surface area contributed by atoms with Crippen molar-refractivity contribution in [2.24, 2.45) is 5.92 Å². The van der Waals surface area contributed by atoms with Crippen molar-refractivity contribution in [3.05, 3.63) is 64.5 Å². The number of hydrogen-bond acceptors (Lipinski definition) is 16. The van der Waals surface area contributed by atoms with E-state index in [0.29, 0.717) is 23.5 Å². The van der Waals surface area contributed by atoms with Crippen molar-refractivity contribution in [3.8, 4) is 5.75 Å². The van der Waals surface area contributed by atoms with Gasteiger partial charge in [-0.15, -0.1) is 0 Å². The molecule has 3 heterocycles. The highest BCUT2D eigenvalue weighted by molar-refractivity contribution is 6.08. The summed E-state index contributed by atoms with van der Waals surface area (Å²) in [7, 11) is 0. The number of anilines is 1. The molecule has 0 unspecified atom stereocenters. The highest BCUT2D eigenvalue weighted by atomic mass is 16.7. The lowest BCUT2D eigenvalue weighted by atomic mass is 9.98. The number of imidazole rings is 1. The van der Waals surface area contributed by atoms with Gasteiger partial charge in [0.25, 0.3) is 0 Å². The van der Waals surface area contributed by atoms with Crippen LogP contribution in [-0.4, -0.2) is 86.7 Å². The van der Waals surface area contributed by atoms with Gasteiger partial charge in [-0.1, -0.05) is 38.1 Å². The van der Waals surface area contributed by atoms with Gasteiger partial charge in [-0.05, 0) is 23.6 Å². The third kappa shape index (κ3) is 9.79. The molecule has 0 radical (unpaired) electrons. The van der Waals surface area contributed by atoms with Crippen LogP contribution in [0.3, 0.4) is 0 Å². The zero-order chi connectivity index (χ0) is 40.0. The summed E-state index contributed by atoms with van der Waals surface area (Å²) in [4.78, 5) is 81.6. The van der Waals surface area contributed by atoms with E-state index in [1.165, 1.54) is 12.1 Å². The van der Waals surface area contributed by atoms with E-state index in [9.17, 15) is 34.1 Å². The van der Waals surface area contributed by atoms with Gasteiger partial charge in [0.05, 0.1) is 22.3 Å². The van der Waals surface area contributed by atoms with Gasteiger partial charge < -0.3 is 37.7 Å². The Hall–Kier alpha value is -6.37. The number of aromatic nitrogens is 3. The number of carbonyl (C=O) groups is 5. The number of esters is 4. The first-order valence-electron chi connectivity index (χ1n) is 17.0. The van der Waals surface area contributed by atoms with Crippen LogP contribution in [-0.2, 0) is 60.8 Å². The van der Waals surface area contributed by atoms with E-state index < -0.39 is 84.5 Å². The number of ether oxygens (including phenoxy) is 7. The molecule has 0 aliphatic carbocycles. The Kier molecular flexibility index (Phi) is 12.4. The van der Waals surface area contributed by atoms with Crippen molar-refractivity contribution in [3.63, 3.8) is 0 Å². The molecule has 1 aliphatic rings. The fourth-order valence-corrected chi connectivity index (χ4v) is 5.99. The van der Waals surface area contributed by atoms with Crippen LogP contribution in [0.5, 0.6) is 5.75 Å². The first-order valence-corrected chi connectivity index (χ1v) is 17.0. The summed E-state index contributed by atoms with van der Waals surface area (Å²) >= 11 is 0. The highest BCUT2D eigenvalue weighted by Gasteiger charge is 2.53. The number of nitro benzene ring substituents is 1. The Morgan fingerprint density at radius 1 is 0.909 bits per heavy atom. The van der Waals surface area contributed by atoms with Crippen LogP contribution >= 0.6 is 0 Å².